The molecule has 1 saturated heterocycles. The number of benzene rings is 1. The lowest BCUT2D eigenvalue weighted by Crippen LogP contribution is -2.39. The molecule has 1 amide bonds. The second kappa shape index (κ2) is 7.25. The van der Waals surface area contributed by atoms with Crippen molar-refractivity contribution in [3.63, 3.8) is 0 Å². The topological polar surface area (TPSA) is 49.4 Å². The Morgan fingerprint density at radius 3 is 2.67 bits per heavy atom. The monoisotopic (exact) mass is 328 g/mol. The molecule has 114 valence electrons. The molecule has 0 radical (unpaired) electrons. The van der Waals surface area contributed by atoms with Crippen molar-refractivity contribution in [3.8, 4) is 0 Å². The first-order valence-electron chi connectivity index (χ1n) is 6.93. The predicted octanol–water partition coefficient (Wildman–Crippen LogP) is 3.15. The number of rotatable bonds is 4. The summed E-state index contributed by atoms with van der Waals surface area (Å²) in [6.07, 6.45) is 2.62. The molecule has 1 aliphatic rings. The lowest BCUT2D eigenvalue weighted by atomic mass is 9.99. The molecule has 0 bridgehead atoms. The average molecular weight is 329 g/mol. The summed E-state index contributed by atoms with van der Waals surface area (Å²) in [5.74, 6) is -0.0149. The first-order valence-corrected chi connectivity index (χ1v) is 7.69. The van der Waals surface area contributed by atoms with E-state index in [4.69, 9.17) is 23.2 Å². The number of halogens is 2. The third kappa shape index (κ3) is 4.19. The number of nitrogens with one attached hydrogen (secondary N) is 1. The van der Waals surface area contributed by atoms with Crippen LogP contribution in [0.2, 0.25) is 10.0 Å². The van der Waals surface area contributed by atoms with E-state index < -0.39 is 0 Å². The van der Waals surface area contributed by atoms with Crippen LogP contribution in [0, 0.1) is 12.8 Å². The summed E-state index contributed by atoms with van der Waals surface area (Å²) in [5.41, 5.74) is 1.33. The SMILES string of the molecule is Cc1ccc(Cl)c(NC(=O)CN2CCC(C=O)CC2)c1Cl. The molecule has 1 N–H and O–H groups in total. The minimum absolute atomic E-state index is 0.130. The van der Waals surface area contributed by atoms with Gasteiger partial charge in [0.25, 0.3) is 0 Å². The Kier molecular flexibility index (Phi) is 5.62. The van der Waals surface area contributed by atoms with E-state index >= 15 is 0 Å². The zero-order valence-corrected chi connectivity index (χ0v) is 13.4. The predicted molar refractivity (Wildman–Crippen MR) is 85.1 cm³/mol. The highest BCUT2D eigenvalue weighted by atomic mass is 35.5. The average Bonchev–Trinajstić information content (AvgIpc) is 2.48. The zero-order valence-electron chi connectivity index (χ0n) is 11.9. The standard InChI is InChI=1S/C15H18Cl2N2O2/c1-10-2-3-12(16)15(14(10)17)18-13(21)8-19-6-4-11(9-20)5-7-19/h2-3,9,11H,4-8H2,1H3,(H,18,21). The van der Waals surface area contributed by atoms with Gasteiger partial charge < -0.3 is 10.1 Å². The molecule has 0 unspecified atom stereocenters. The van der Waals surface area contributed by atoms with Gasteiger partial charge in [-0.05, 0) is 44.5 Å². The lowest BCUT2D eigenvalue weighted by molar-refractivity contribution is -0.117. The minimum atomic E-state index is -0.144. The molecule has 1 aromatic rings. The molecule has 1 heterocycles. The van der Waals surface area contributed by atoms with Gasteiger partial charge in [0.2, 0.25) is 5.91 Å². The maximum Gasteiger partial charge on any atom is 0.238 e. The van der Waals surface area contributed by atoms with E-state index in [0.717, 1.165) is 37.8 Å². The van der Waals surface area contributed by atoms with E-state index in [9.17, 15) is 9.59 Å². The summed E-state index contributed by atoms with van der Waals surface area (Å²) in [5, 5.41) is 3.68. The number of carbonyl (C=O) groups excluding carboxylic acids is 2. The minimum Gasteiger partial charge on any atom is -0.322 e. The number of anilines is 1. The number of amides is 1. The third-order valence-corrected chi connectivity index (χ3v) is 4.54. The van der Waals surface area contributed by atoms with Crippen LogP contribution in [0.25, 0.3) is 0 Å². The molecule has 1 aromatic carbocycles. The largest absolute Gasteiger partial charge is 0.322 e. The van der Waals surface area contributed by atoms with Gasteiger partial charge in [0, 0.05) is 5.92 Å². The lowest BCUT2D eigenvalue weighted by Gasteiger charge is -2.28. The highest BCUT2D eigenvalue weighted by Gasteiger charge is 2.21. The molecule has 6 heteroatoms. The van der Waals surface area contributed by atoms with Crippen molar-refractivity contribution < 1.29 is 9.59 Å². The van der Waals surface area contributed by atoms with Crippen molar-refractivity contribution in [2.45, 2.75) is 19.8 Å². The van der Waals surface area contributed by atoms with Gasteiger partial charge in [0.05, 0.1) is 22.3 Å². The van der Waals surface area contributed by atoms with Crippen LogP contribution in [-0.4, -0.2) is 36.7 Å². The Morgan fingerprint density at radius 2 is 2.05 bits per heavy atom. The second-order valence-corrected chi connectivity index (χ2v) is 6.14. The highest BCUT2D eigenvalue weighted by Crippen LogP contribution is 2.32. The fraction of sp³-hybridized carbons (Fsp3) is 0.467. The van der Waals surface area contributed by atoms with Crippen molar-refractivity contribution in [3.05, 3.63) is 27.7 Å². The van der Waals surface area contributed by atoms with Crippen LogP contribution in [0.15, 0.2) is 12.1 Å². The Bertz CT molecular complexity index is 541. The van der Waals surface area contributed by atoms with Crippen LogP contribution in [-0.2, 0) is 9.59 Å². The van der Waals surface area contributed by atoms with E-state index in [-0.39, 0.29) is 18.4 Å². The number of carbonyl (C=O) groups is 2. The van der Waals surface area contributed by atoms with Gasteiger partial charge in [0.1, 0.15) is 6.29 Å². The molecule has 4 nitrogen and oxygen atoms in total. The molecule has 0 saturated carbocycles. The van der Waals surface area contributed by atoms with Crippen molar-refractivity contribution >= 4 is 41.1 Å². The van der Waals surface area contributed by atoms with Crippen LogP contribution in [0.1, 0.15) is 18.4 Å². The Hall–Kier alpha value is -1.10. The van der Waals surface area contributed by atoms with Crippen LogP contribution >= 0.6 is 23.2 Å². The van der Waals surface area contributed by atoms with Crippen LogP contribution in [0.4, 0.5) is 5.69 Å². The quantitative estimate of drug-likeness (QED) is 0.864. The van der Waals surface area contributed by atoms with Gasteiger partial charge in [-0.1, -0.05) is 29.3 Å². The number of nitrogens with zero attached hydrogens (tertiary/aromatic N) is 1. The van der Waals surface area contributed by atoms with Crippen molar-refractivity contribution in [1.29, 1.82) is 0 Å². The Labute approximate surface area is 134 Å². The van der Waals surface area contributed by atoms with E-state index in [1.165, 1.54) is 0 Å². The van der Waals surface area contributed by atoms with E-state index in [2.05, 4.69) is 5.32 Å². The first kappa shape index (κ1) is 16.3. The van der Waals surface area contributed by atoms with E-state index in [0.29, 0.717) is 15.7 Å². The van der Waals surface area contributed by atoms with Crippen molar-refractivity contribution in [1.82, 2.24) is 4.90 Å². The van der Waals surface area contributed by atoms with Gasteiger partial charge in [-0.3, -0.25) is 9.69 Å². The maximum absolute atomic E-state index is 12.1. The molecular weight excluding hydrogens is 311 g/mol. The highest BCUT2D eigenvalue weighted by molar-refractivity contribution is 6.40. The van der Waals surface area contributed by atoms with Crippen LogP contribution < -0.4 is 5.32 Å². The number of hydrogen-bond donors (Lipinski definition) is 1. The molecule has 0 atom stereocenters. The summed E-state index contributed by atoms with van der Waals surface area (Å²) >= 11 is 12.2. The summed E-state index contributed by atoms with van der Waals surface area (Å²) in [6, 6.07) is 3.53. The van der Waals surface area contributed by atoms with Gasteiger partial charge in [-0.15, -0.1) is 0 Å². The Balaban J connectivity index is 1.94. The number of aryl methyl sites for hydroxylation is 1. The molecule has 1 fully saturated rings. The fourth-order valence-electron chi connectivity index (χ4n) is 2.40. The Morgan fingerprint density at radius 1 is 1.38 bits per heavy atom. The molecule has 0 aliphatic carbocycles. The number of aldehydes is 1. The molecule has 1 aliphatic heterocycles. The van der Waals surface area contributed by atoms with Gasteiger partial charge >= 0.3 is 0 Å². The number of piperidine rings is 1. The van der Waals surface area contributed by atoms with Gasteiger partial charge in [-0.25, -0.2) is 0 Å². The second-order valence-electron chi connectivity index (χ2n) is 5.35. The van der Waals surface area contributed by atoms with Crippen molar-refractivity contribution in [2.24, 2.45) is 5.92 Å². The molecular formula is C15H18Cl2N2O2. The van der Waals surface area contributed by atoms with Crippen LogP contribution in [0.3, 0.4) is 0 Å². The number of likely N-dealkylation sites (tertiary alicyclic amines) is 1. The molecule has 21 heavy (non-hydrogen) atoms. The summed E-state index contributed by atoms with van der Waals surface area (Å²) in [6.45, 7) is 3.66. The molecule has 2 rings (SSSR count). The smallest absolute Gasteiger partial charge is 0.238 e. The maximum atomic E-state index is 12.1. The third-order valence-electron chi connectivity index (χ3n) is 3.74. The normalized spacial score (nSPS) is 16.7. The van der Waals surface area contributed by atoms with E-state index in [1.54, 1.807) is 6.07 Å². The molecule has 0 spiro atoms. The van der Waals surface area contributed by atoms with Gasteiger partial charge in [-0.2, -0.15) is 0 Å². The fourth-order valence-corrected chi connectivity index (χ4v) is 2.87. The molecule has 0 aromatic heterocycles. The van der Waals surface area contributed by atoms with E-state index in [1.807, 2.05) is 17.9 Å². The number of hydrogen-bond acceptors (Lipinski definition) is 3. The first-order chi connectivity index (χ1) is 10.0. The zero-order chi connectivity index (χ0) is 15.4. The summed E-state index contributed by atoms with van der Waals surface area (Å²) in [7, 11) is 0. The summed E-state index contributed by atoms with van der Waals surface area (Å²) in [4.78, 5) is 24.9. The van der Waals surface area contributed by atoms with Crippen molar-refractivity contribution in [2.75, 3.05) is 25.0 Å². The summed E-state index contributed by atoms with van der Waals surface area (Å²) < 4.78 is 0. The van der Waals surface area contributed by atoms with Gasteiger partial charge in [0.15, 0.2) is 0 Å². The van der Waals surface area contributed by atoms with Crippen LogP contribution in [0.5, 0.6) is 0 Å².